The molecule has 0 spiro atoms. The quantitative estimate of drug-likeness (QED) is 0.801. The molecule has 0 bridgehead atoms. The van der Waals surface area contributed by atoms with Crippen LogP contribution in [0.25, 0.3) is 0 Å². The fourth-order valence-electron chi connectivity index (χ4n) is 3.03. The van der Waals surface area contributed by atoms with E-state index in [1.807, 2.05) is 11.3 Å². The monoisotopic (exact) mass is 300 g/mol. The van der Waals surface area contributed by atoms with E-state index in [4.69, 9.17) is 4.98 Å². The van der Waals surface area contributed by atoms with Crippen LogP contribution in [0.2, 0.25) is 0 Å². The highest BCUT2D eigenvalue weighted by Gasteiger charge is 2.16. The Morgan fingerprint density at radius 1 is 1.05 bits per heavy atom. The van der Waals surface area contributed by atoms with Crippen molar-refractivity contribution in [2.45, 2.75) is 45.4 Å². The van der Waals surface area contributed by atoms with Crippen LogP contribution in [0.4, 0.5) is 5.00 Å². The van der Waals surface area contributed by atoms with Crippen LogP contribution < -0.4 is 4.90 Å². The van der Waals surface area contributed by atoms with Gasteiger partial charge in [-0.2, -0.15) is 0 Å². The molecule has 0 aliphatic carbocycles. The predicted molar refractivity (Wildman–Crippen MR) is 91.4 cm³/mol. The van der Waals surface area contributed by atoms with Gasteiger partial charge in [-0.1, -0.05) is 30.3 Å². The molecule has 0 radical (unpaired) electrons. The number of hydrogen-bond donors (Lipinski definition) is 0. The first-order valence-corrected chi connectivity index (χ1v) is 8.90. The predicted octanol–water partition coefficient (Wildman–Crippen LogP) is 4.62. The van der Waals surface area contributed by atoms with Gasteiger partial charge < -0.3 is 4.90 Å². The van der Waals surface area contributed by atoms with E-state index >= 15 is 0 Å². The standard InChI is InChI=1S/C18H24N2S/c1-15-18(20-13-6-3-7-14-20)21-17(19-15)12-8-11-16-9-4-2-5-10-16/h2,4-5,9-10H,3,6-8,11-14H2,1H3. The molecule has 1 aromatic heterocycles. The molecule has 3 rings (SSSR count). The number of rotatable bonds is 5. The Morgan fingerprint density at radius 3 is 2.57 bits per heavy atom. The van der Waals surface area contributed by atoms with Gasteiger partial charge in [0.25, 0.3) is 0 Å². The van der Waals surface area contributed by atoms with E-state index in [9.17, 15) is 0 Å². The Bertz CT molecular complexity index is 556. The first-order valence-electron chi connectivity index (χ1n) is 8.08. The maximum absolute atomic E-state index is 4.79. The minimum absolute atomic E-state index is 1.11. The Kier molecular flexibility index (Phi) is 4.91. The van der Waals surface area contributed by atoms with Gasteiger partial charge in [0, 0.05) is 13.1 Å². The summed E-state index contributed by atoms with van der Waals surface area (Å²) >= 11 is 1.92. The van der Waals surface area contributed by atoms with Crippen molar-refractivity contribution < 1.29 is 0 Å². The van der Waals surface area contributed by atoms with Crippen molar-refractivity contribution in [3.05, 3.63) is 46.6 Å². The number of aryl methyl sites for hydroxylation is 3. The Hall–Kier alpha value is -1.35. The summed E-state index contributed by atoms with van der Waals surface area (Å²) in [6, 6.07) is 10.8. The van der Waals surface area contributed by atoms with E-state index in [1.54, 1.807) is 0 Å². The first kappa shape index (κ1) is 14.6. The van der Waals surface area contributed by atoms with Crippen molar-refractivity contribution in [1.82, 2.24) is 4.98 Å². The molecule has 1 fully saturated rings. The molecule has 0 saturated carbocycles. The summed E-state index contributed by atoms with van der Waals surface area (Å²) in [5.41, 5.74) is 2.67. The molecule has 1 aromatic carbocycles. The van der Waals surface area contributed by atoms with E-state index in [-0.39, 0.29) is 0 Å². The zero-order valence-corrected chi connectivity index (χ0v) is 13.7. The van der Waals surface area contributed by atoms with Gasteiger partial charge in [0.05, 0.1) is 10.7 Å². The molecule has 2 aromatic rings. The highest BCUT2D eigenvalue weighted by Crippen LogP contribution is 2.31. The number of thiazole rings is 1. The highest BCUT2D eigenvalue weighted by atomic mass is 32.1. The average molecular weight is 300 g/mol. The van der Waals surface area contributed by atoms with Crippen LogP contribution in [0.3, 0.4) is 0 Å². The Labute approximate surface area is 131 Å². The second-order valence-electron chi connectivity index (χ2n) is 5.89. The van der Waals surface area contributed by atoms with Crippen molar-refractivity contribution in [3.63, 3.8) is 0 Å². The van der Waals surface area contributed by atoms with Gasteiger partial charge in [-0.25, -0.2) is 4.98 Å². The molecule has 1 saturated heterocycles. The Morgan fingerprint density at radius 2 is 1.81 bits per heavy atom. The van der Waals surface area contributed by atoms with E-state index in [1.165, 1.54) is 60.0 Å². The molecule has 21 heavy (non-hydrogen) atoms. The molecule has 0 amide bonds. The molecule has 1 aliphatic rings. The lowest BCUT2D eigenvalue weighted by molar-refractivity contribution is 0.579. The summed E-state index contributed by atoms with van der Waals surface area (Å²) in [7, 11) is 0. The summed E-state index contributed by atoms with van der Waals surface area (Å²) in [6.45, 7) is 4.60. The van der Waals surface area contributed by atoms with Gasteiger partial charge in [0.1, 0.15) is 5.00 Å². The van der Waals surface area contributed by atoms with Crippen molar-refractivity contribution in [2.75, 3.05) is 18.0 Å². The van der Waals surface area contributed by atoms with Gasteiger partial charge in [-0.3, -0.25) is 0 Å². The van der Waals surface area contributed by atoms with Crippen molar-refractivity contribution in [1.29, 1.82) is 0 Å². The third kappa shape index (κ3) is 3.85. The molecule has 3 heteroatoms. The number of benzene rings is 1. The van der Waals surface area contributed by atoms with Crippen LogP contribution in [-0.4, -0.2) is 18.1 Å². The van der Waals surface area contributed by atoms with E-state index < -0.39 is 0 Å². The smallest absolute Gasteiger partial charge is 0.114 e. The van der Waals surface area contributed by atoms with Gasteiger partial charge in [0.2, 0.25) is 0 Å². The molecule has 0 unspecified atom stereocenters. The first-order chi connectivity index (χ1) is 10.3. The van der Waals surface area contributed by atoms with Crippen LogP contribution in [0.15, 0.2) is 30.3 Å². The molecular formula is C18H24N2S. The molecule has 1 aliphatic heterocycles. The number of anilines is 1. The third-order valence-electron chi connectivity index (χ3n) is 4.16. The molecular weight excluding hydrogens is 276 g/mol. The minimum atomic E-state index is 1.11. The topological polar surface area (TPSA) is 16.1 Å². The average Bonchev–Trinajstić information content (AvgIpc) is 2.90. The van der Waals surface area contributed by atoms with Gasteiger partial charge in [0.15, 0.2) is 0 Å². The van der Waals surface area contributed by atoms with Crippen LogP contribution in [0, 0.1) is 6.92 Å². The van der Waals surface area contributed by atoms with Gasteiger partial charge in [-0.15, -0.1) is 11.3 Å². The normalized spacial score (nSPS) is 15.4. The Balaban J connectivity index is 1.56. The van der Waals surface area contributed by atoms with E-state index in [2.05, 4.69) is 42.2 Å². The molecule has 2 nitrogen and oxygen atoms in total. The third-order valence-corrected chi connectivity index (χ3v) is 5.44. The lowest BCUT2D eigenvalue weighted by Gasteiger charge is -2.27. The molecule has 0 atom stereocenters. The van der Waals surface area contributed by atoms with Crippen molar-refractivity contribution in [2.24, 2.45) is 0 Å². The maximum Gasteiger partial charge on any atom is 0.114 e. The molecule has 0 N–H and O–H groups in total. The summed E-state index contributed by atoms with van der Waals surface area (Å²) in [6.07, 6.45) is 7.50. The molecule has 2 heterocycles. The van der Waals surface area contributed by atoms with Crippen LogP contribution in [-0.2, 0) is 12.8 Å². The summed E-state index contributed by atoms with van der Waals surface area (Å²) in [5, 5.41) is 2.73. The van der Waals surface area contributed by atoms with Crippen LogP contribution >= 0.6 is 11.3 Å². The lowest BCUT2D eigenvalue weighted by atomic mass is 10.1. The van der Waals surface area contributed by atoms with Crippen LogP contribution in [0.5, 0.6) is 0 Å². The SMILES string of the molecule is Cc1nc(CCCc2ccccc2)sc1N1CCCCC1. The molecule has 112 valence electrons. The summed E-state index contributed by atoms with van der Waals surface area (Å²) in [5.74, 6) is 0. The van der Waals surface area contributed by atoms with Gasteiger partial charge in [-0.05, 0) is 51.0 Å². The maximum atomic E-state index is 4.79. The fourth-order valence-corrected chi connectivity index (χ4v) is 4.19. The summed E-state index contributed by atoms with van der Waals surface area (Å²) < 4.78 is 0. The van der Waals surface area contributed by atoms with Crippen LogP contribution in [0.1, 0.15) is 41.9 Å². The van der Waals surface area contributed by atoms with Gasteiger partial charge >= 0.3 is 0 Å². The largest absolute Gasteiger partial charge is 0.362 e. The number of nitrogens with zero attached hydrogens (tertiary/aromatic N) is 2. The zero-order valence-electron chi connectivity index (χ0n) is 12.8. The lowest BCUT2D eigenvalue weighted by Crippen LogP contribution is -2.29. The number of piperidine rings is 1. The van der Waals surface area contributed by atoms with E-state index in [0.717, 1.165) is 12.8 Å². The minimum Gasteiger partial charge on any atom is -0.362 e. The van der Waals surface area contributed by atoms with E-state index in [0.29, 0.717) is 0 Å². The summed E-state index contributed by atoms with van der Waals surface area (Å²) in [4.78, 5) is 7.33. The number of aromatic nitrogens is 1. The second-order valence-corrected chi connectivity index (χ2v) is 6.95. The second kappa shape index (κ2) is 7.08. The fraction of sp³-hybridized carbons (Fsp3) is 0.500. The highest BCUT2D eigenvalue weighted by molar-refractivity contribution is 7.15. The zero-order chi connectivity index (χ0) is 14.5. The van der Waals surface area contributed by atoms with Crippen molar-refractivity contribution >= 4 is 16.3 Å². The number of hydrogen-bond acceptors (Lipinski definition) is 3. The van der Waals surface area contributed by atoms with Crippen molar-refractivity contribution in [3.8, 4) is 0 Å².